The summed E-state index contributed by atoms with van der Waals surface area (Å²) in [6.07, 6.45) is -1.30. The van der Waals surface area contributed by atoms with E-state index < -0.39 is 28.3 Å². The van der Waals surface area contributed by atoms with Crippen molar-refractivity contribution in [1.82, 2.24) is 0 Å². The fourth-order valence-electron chi connectivity index (χ4n) is 1.30. The Balaban J connectivity index is 2.96. The standard InChI is InChI=1S/C11H14O5S/c1-8(13)9-2-4-11(5-3-9)17(15,16)7-10(14)6-12/h2-5,10,12,14H,6-7H2,1H3. The first-order chi connectivity index (χ1) is 7.86. The maximum Gasteiger partial charge on any atom is 0.181 e. The normalized spacial score (nSPS) is 13.4. The Bertz CT molecular complexity index is 489. The molecular weight excluding hydrogens is 244 g/mol. The van der Waals surface area contributed by atoms with E-state index in [-0.39, 0.29) is 10.7 Å². The maximum absolute atomic E-state index is 11.7. The van der Waals surface area contributed by atoms with E-state index in [4.69, 9.17) is 10.2 Å². The quantitative estimate of drug-likeness (QED) is 0.726. The zero-order chi connectivity index (χ0) is 13.1. The second-order valence-electron chi connectivity index (χ2n) is 3.70. The molecule has 0 aliphatic heterocycles. The second-order valence-corrected chi connectivity index (χ2v) is 5.73. The van der Waals surface area contributed by atoms with Crippen LogP contribution in [0.5, 0.6) is 0 Å². The summed E-state index contributed by atoms with van der Waals surface area (Å²) < 4.78 is 23.5. The highest BCUT2D eigenvalue weighted by molar-refractivity contribution is 7.91. The molecule has 6 heteroatoms. The van der Waals surface area contributed by atoms with Gasteiger partial charge in [-0.1, -0.05) is 12.1 Å². The van der Waals surface area contributed by atoms with Gasteiger partial charge in [-0.25, -0.2) is 8.42 Å². The fourth-order valence-corrected chi connectivity index (χ4v) is 2.65. The van der Waals surface area contributed by atoms with Crippen LogP contribution >= 0.6 is 0 Å². The summed E-state index contributed by atoms with van der Waals surface area (Å²) in [5.41, 5.74) is 0.423. The van der Waals surface area contributed by atoms with Crippen LogP contribution in [-0.2, 0) is 9.84 Å². The van der Waals surface area contributed by atoms with Gasteiger partial charge in [0.1, 0.15) is 0 Å². The highest BCUT2D eigenvalue weighted by atomic mass is 32.2. The molecule has 0 saturated carbocycles. The van der Waals surface area contributed by atoms with Crippen molar-refractivity contribution in [2.45, 2.75) is 17.9 Å². The van der Waals surface area contributed by atoms with Gasteiger partial charge in [0.25, 0.3) is 0 Å². The minimum absolute atomic E-state index is 0.0231. The number of sulfone groups is 1. The molecule has 1 aromatic rings. The van der Waals surface area contributed by atoms with Gasteiger partial charge in [-0.15, -0.1) is 0 Å². The molecule has 0 heterocycles. The number of aliphatic hydroxyl groups is 2. The second kappa shape index (κ2) is 5.39. The van der Waals surface area contributed by atoms with Gasteiger partial charge in [-0.3, -0.25) is 4.79 Å². The summed E-state index contributed by atoms with van der Waals surface area (Å²) in [5.74, 6) is -0.688. The highest BCUT2D eigenvalue weighted by Gasteiger charge is 2.19. The van der Waals surface area contributed by atoms with Crippen molar-refractivity contribution in [2.24, 2.45) is 0 Å². The minimum Gasteiger partial charge on any atom is -0.394 e. The van der Waals surface area contributed by atoms with Crippen LogP contribution in [0.1, 0.15) is 17.3 Å². The van der Waals surface area contributed by atoms with Crippen LogP contribution in [0.2, 0.25) is 0 Å². The van der Waals surface area contributed by atoms with Crippen molar-refractivity contribution >= 4 is 15.6 Å². The molecule has 17 heavy (non-hydrogen) atoms. The van der Waals surface area contributed by atoms with Crippen molar-refractivity contribution in [3.63, 3.8) is 0 Å². The third kappa shape index (κ3) is 3.62. The molecule has 2 N–H and O–H groups in total. The number of rotatable bonds is 5. The molecule has 5 nitrogen and oxygen atoms in total. The summed E-state index contributed by atoms with van der Waals surface area (Å²) in [6, 6.07) is 5.47. The minimum atomic E-state index is -3.64. The van der Waals surface area contributed by atoms with E-state index >= 15 is 0 Å². The Morgan fingerprint density at radius 3 is 2.24 bits per heavy atom. The number of Topliss-reactive ketones (excluding diaryl/α,β-unsaturated/α-hetero) is 1. The molecule has 0 amide bonds. The Morgan fingerprint density at radius 2 is 1.82 bits per heavy atom. The van der Waals surface area contributed by atoms with Gasteiger partial charge in [0.05, 0.1) is 23.4 Å². The van der Waals surface area contributed by atoms with Gasteiger partial charge in [0.15, 0.2) is 15.6 Å². The first kappa shape index (κ1) is 13.8. The Morgan fingerprint density at radius 1 is 1.29 bits per heavy atom. The van der Waals surface area contributed by atoms with Crippen LogP contribution in [-0.4, -0.2) is 42.9 Å². The summed E-state index contributed by atoms with van der Waals surface area (Å²) in [4.78, 5) is 11.0. The van der Waals surface area contributed by atoms with E-state index in [1.54, 1.807) is 0 Å². The van der Waals surface area contributed by atoms with Crippen molar-refractivity contribution in [1.29, 1.82) is 0 Å². The smallest absolute Gasteiger partial charge is 0.181 e. The average Bonchev–Trinajstić information content (AvgIpc) is 2.28. The van der Waals surface area contributed by atoms with Crippen molar-refractivity contribution in [3.05, 3.63) is 29.8 Å². The van der Waals surface area contributed by atoms with Crippen molar-refractivity contribution in [3.8, 4) is 0 Å². The number of hydrogen-bond donors (Lipinski definition) is 2. The fraction of sp³-hybridized carbons (Fsp3) is 0.364. The molecule has 0 aliphatic carbocycles. The van der Waals surface area contributed by atoms with E-state index in [1.807, 2.05) is 0 Å². The topological polar surface area (TPSA) is 91.7 Å². The van der Waals surface area contributed by atoms with Crippen LogP contribution < -0.4 is 0 Å². The van der Waals surface area contributed by atoms with Gasteiger partial charge >= 0.3 is 0 Å². The Hall–Kier alpha value is -1.24. The third-order valence-corrected chi connectivity index (χ3v) is 4.06. The van der Waals surface area contributed by atoms with Crippen LogP contribution in [0.4, 0.5) is 0 Å². The van der Waals surface area contributed by atoms with Crippen LogP contribution in [0.3, 0.4) is 0 Å². The highest BCUT2D eigenvalue weighted by Crippen LogP contribution is 2.13. The maximum atomic E-state index is 11.7. The third-order valence-electron chi connectivity index (χ3n) is 2.24. The predicted octanol–water partition coefficient (Wildman–Crippen LogP) is 0.0161. The van der Waals surface area contributed by atoms with Gasteiger partial charge in [0, 0.05) is 5.56 Å². The van der Waals surface area contributed by atoms with Gasteiger partial charge in [-0.2, -0.15) is 0 Å². The summed E-state index contributed by atoms with van der Waals surface area (Å²) >= 11 is 0. The lowest BCUT2D eigenvalue weighted by Gasteiger charge is -2.08. The van der Waals surface area contributed by atoms with Crippen LogP contribution in [0.15, 0.2) is 29.2 Å². The molecule has 0 aliphatic rings. The molecule has 1 unspecified atom stereocenters. The predicted molar refractivity (Wildman–Crippen MR) is 61.6 cm³/mol. The molecule has 0 saturated heterocycles. The zero-order valence-electron chi connectivity index (χ0n) is 9.33. The summed E-state index contributed by atoms with van der Waals surface area (Å²) in [5, 5.41) is 17.7. The van der Waals surface area contributed by atoms with E-state index in [2.05, 4.69) is 0 Å². The van der Waals surface area contributed by atoms with Crippen LogP contribution in [0.25, 0.3) is 0 Å². The number of carbonyl (C=O) groups is 1. The monoisotopic (exact) mass is 258 g/mol. The van der Waals surface area contributed by atoms with Gasteiger partial charge in [-0.05, 0) is 19.1 Å². The largest absolute Gasteiger partial charge is 0.394 e. The summed E-state index contributed by atoms with van der Waals surface area (Å²) in [7, 11) is -3.64. The van der Waals surface area contributed by atoms with E-state index in [9.17, 15) is 13.2 Å². The lowest BCUT2D eigenvalue weighted by molar-refractivity contribution is 0.101. The molecule has 1 aromatic carbocycles. The SMILES string of the molecule is CC(=O)c1ccc(S(=O)(=O)CC(O)CO)cc1. The molecule has 0 spiro atoms. The number of carbonyl (C=O) groups excluding carboxylic acids is 1. The number of hydrogen-bond acceptors (Lipinski definition) is 5. The molecule has 1 rings (SSSR count). The molecule has 0 radical (unpaired) electrons. The molecular formula is C11H14O5S. The number of ketones is 1. The lowest BCUT2D eigenvalue weighted by atomic mass is 10.2. The van der Waals surface area contributed by atoms with E-state index in [1.165, 1.54) is 31.2 Å². The Kier molecular flexibility index (Phi) is 4.39. The molecule has 94 valence electrons. The van der Waals surface area contributed by atoms with Gasteiger partial charge < -0.3 is 10.2 Å². The van der Waals surface area contributed by atoms with Crippen molar-refractivity contribution < 1.29 is 23.4 Å². The number of aliphatic hydroxyl groups excluding tert-OH is 2. The summed E-state index contributed by atoms with van der Waals surface area (Å²) in [6.45, 7) is 0.782. The molecule has 0 aromatic heterocycles. The average molecular weight is 258 g/mol. The molecule has 0 fully saturated rings. The molecule has 0 bridgehead atoms. The van der Waals surface area contributed by atoms with E-state index in [0.717, 1.165) is 0 Å². The van der Waals surface area contributed by atoms with E-state index in [0.29, 0.717) is 5.56 Å². The first-order valence-corrected chi connectivity index (χ1v) is 6.64. The first-order valence-electron chi connectivity index (χ1n) is 4.99. The lowest BCUT2D eigenvalue weighted by Crippen LogP contribution is -2.24. The molecule has 1 atom stereocenters. The van der Waals surface area contributed by atoms with Crippen molar-refractivity contribution in [2.75, 3.05) is 12.4 Å². The Labute approximate surface area is 99.6 Å². The van der Waals surface area contributed by atoms with Gasteiger partial charge in [0.2, 0.25) is 0 Å². The van der Waals surface area contributed by atoms with Crippen LogP contribution in [0, 0.1) is 0 Å². The number of benzene rings is 1. The zero-order valence-corrected chi connectivity index (χ0v) is 10.1.